The summed E-state index contributed by atoms with van der Waals surface area (Å²) in [6.45, 7) is 2.84. The number of fused-ring (bicyclic) bond motifs is 2. The van der Waals surface area contributed by atoms with E-state index < -0.39 is 6.29 Å². The Bertz CT molecular complexity index is 2560. The van der Waals surface area contributed by atoms with Crippen molar-refractivity contribution in [1.82, 2.24) is 29.7 Å². The van der Waals surface area contributed by atoms with Crippen LogP contribution in [-0.4, -0.2) is 61.2 Å². The van der Waals surface area contributed by atoms with Gasteiger partial charge in [-0.3, -0.25) is 14.3 Å². The summed E-state index contributed by atoms with van der Waals surface area (Å²) in [5.41, 5.74) is 9.37. The van der Waals surface area contributed by atoms with Crippen LogP contribution in [0.3, 0.4) is 0 Å². The van der Waals surface area contributed by atoms with E-state index in [0.717, 1.165) is 82.4 Å². The number of hydrogen-bond acceptors (Lipinski definition) is 8. The number of H-pyrrole nitrogens is 1. The molecule has 9 rings (SSSR count). The van der Waals surface area contributed by atoms with Gasteiger partial charge in [0.05, 0.1) is 47.1 Å². The quantitative estimate of drug-likeness (QED) is 0.133. The lowest BCUT2D eigenvalue weighted by Gasteiger charge is -2.40. The molecule has 2 saturated heterocycles. The van der Waals surface area contributed by atoms with Crippen molar-refractivity contribution < 1.29 is 19.4 Å². The summed E-state index contributed by atoms with van der Waals surface area (Å²) in [6.07, 6.45) is 3.14. The van der Waals surface area contributed by atoms with Gasteiger partial charge in [-0.15, -0.1) is 0 Å². The van der Waals surface area contributed by atoms with Crippen LogP contribution in [0.5, 0.6) is 0 Å². The largest absolute Gasteiger partial charge is 0.392 e. The van der Waals surface area contributed by atoms with Crippen LogP contribution in [0.4, 0.5) is 0 Å². The number of nitrogens with one attached hydrogen (secondary N) is 2. The Morgan fingerprint density at radius 1 is 0.807 bits per heavy atom. The molecule has 4 heterocycles. The summed E-state index contributed by atoms with van der Waals surface area (Å²) >= 11 is 0. The summed E-state index contributed by atoms with van der Waals surface area (Å²) < 4.78 is 15.3. The van der Waals surface area contributed by atoms with Crippen LogP contribution >= 0.6 is 0 Å². The Hall–Kier alpha value is -5.98. The lowest BCUT2D eigenvalue weighted by atomic mass is 9.98. The number of aliphatic hydroxyl groups excluding tert-OH is 1. The van der Waals surface area contributed by atoms with Crippen LogP contribution in [-0.2, 0) is 22.6 Å². The van der Waals surface area contributed by atoms with E-state index in [1.54, 1.807) is 0 Å². The van der Waals surface area contributed by atoms with Gasteiger partial charge in [0, 0.05) is 44.2 Å². The molecule has 11 nitrogen and oxygen atoms in total. The maximum absolute atomic E-state index is 12.9. The van der Waals surface area contributed by atoms with Crippen molar-refractivity contribution in [2.24, 2.45) is 0 Å². The fraction of sp³-hybridized carbons (Fsp3) is 0.261. The van der Waals surface area contributed by atoms with E-state index in [1.165, 1.54) is 6.20 Å². The average Bonchev–Trinajstić information content (AvgIpc) is 3.61. The molecule has 1 amide bonds. The number of aromatic amines is 1. The second-order valence-electron chi connectivity index (χ2n) is 14.9. The minimum absolute atomic E-state index is 0.00873. The van der Waals surface area contributed by atoms with Crippen LogP contribution in [0.25, 0.3) is 33.2 Å². The lowest BCUT2D eigenvalue weighted by Crippen LogP contribution is -2.43. The first kappa shape index (κ1) is 36.6. The van der Waals surface area contributed by atoms with Gasteiger partial charge in [-0.05, 0) is 71.0 Å². The molecule has 0 saturated carbocycles. The SMILES string of the molecule is O=C(NCc1cccc(-c2ccc(C3OC(CN4CCC(n5c(=O)[nH]c6ccccc65)CC4)CC(c4ccc(CO)cc4)O3)cc2)c1)c1cnc2ccccc2n1. The number of ether oxygens (including phenoxy) is 2. The van der Waals surface area contributed by atoms with E-state index in [2.05, 4.69) is 61.6 Å². The van der Waals surface area contributed by atoms with E-state index >= 15 is 0 Å². The second kappa shape index (κ2) is 16.2. The number of likely N-dealkylation sites (tertiary alicyclic amines) is 1. The lowest BCUT2D eigenvalue weighted by molar-refractivity contribution is -0.253. The van der Waals surface area contributed by atoms with E-state index in [-0.39, 0.29) is 42.1 Å². The molecule has 0 bridgehead atoms. The third-order valence-corrected chi connectivity index (χ3v) is 11.2. The highest BCUT2D eigenvalue weighted by Crippen LogP contribution is 2.39. The summed E-state index contributed by atoms with van der Waals surface area (Å²) in [5, 5.41) is 12.6. The maximum Gasteiger partial charge on any atom is 0.326 e. The molecule has 3 N–H and O–H groups in total. The fourth-order valence-electron chi connectivity index (χ4n) is 8.15. The number of imidazole rings is 1. The molecule has 2 aliphatic heterocycles. The first-order chi connectivity index (χ1) is 28.0. The molecule has 2 fully saturated rings. The second-order valence-corrected chi connectivity index (χ2v) is 14.9. The molecule has 3 atom stereocenters. The van der Waals surface area contributed by atoms with Gasteiger partial charge in [0.2, 0.25) is 0 Å². The van der Waals surface area contributed by atoms with Crippen LogP contribution < -0.4 is 11.0 Å². The van der Waals surface area contributed by atoms with E-state index in [4.69, 9.17) is 9.47 Å². The van der Waals surface area contributed by atoms with Crippen LogP contribution in [0, 0.1) is 0 Å². The predicted molar refractivity (Wildman–Crippen MR) is 218 cm³/mol. The zero-order chi connectivity index (χ0) is 38.7. The Labute approximate surface area is 329 Å². The highest BCUT2D eigenvalue weighted by Gasteiger charge is 2.34. The number of carbonyl (C=O) groups excluding carboxylic acids is 1. The molecule has 57 heavy (non-hydrogen) atoms. The van der Waals surface area contributed by atoms with Gasteiger partial charge in [0.15, 0.2) is 6.29 Å². The van der Waals surface area contributed by atoms with Crippen LogP contribution in [0.2, 0.25) is 0 Å². The number of carbonyl (C=O) groups is 1. The van der Waals surface area contributed by atoms with Crippen molar-refractivity contribution in [2.75, 3.05) is 19.6 Å². The smallest absolute Gasteiger partial charge is 0.326 e. The van der Waals surface area contributed by atoms with Crippen molar-refractivity contribution in [1.29, 1.82) is 0 Å². The molecule has 11 heteroatoms. The first-order valence-electron chi connectivity index (χ1n) is 19.6. The molecule has 288 valence electrons. The van der Waals surface area contributed by atoms with Gasteiger partial charge in [-0.2, -0.15) is 0 Å². The van der Waals surface area contributed by atoms with Crippen LogP contribution in [0.15, 0.2) is 132 Å². The Balaban J connectivity index is 0.872. The van der Waals surface area contributed by atoms with Crippen LogP contribution in [0.1, 0.15) is 70.4 Å². The Kier molecular flexibility index (Phi) is 10.4. The predicted octanol–water partition coefficient (Wildman–Crippen LogP) is 7.24. The number of amides is 1. The van der Waals surface area contributed by atoms with Crippen molar-refractivity contribution in [3.8, 4) is 11.1 Å². The number of hydrogen-bond donors (Lipinski definition) is 3. The highest BCUT2D eigenvalue weighted by atomic mass is 16.7. The third-order valence-electron chi connectivity index (χ3n) is 11.2. The summed E-state index contributed by atoms with van der Waals surface area (Å²) in [7, 11) is 0. The molecular weight excluding hydrogens is 717 g/mol. The standard InChI is InChI=1S/C46H44N6O5/c53-29-30-12-14-33(15-13-30)43-25-37(28-51-22-20-36(21-23-51)52-42-11-4-3-10-40(42)50-46(52)55)56-45(57-43)34-18-16-32(17-19-34)35-7-5-6-31(24-35)26-48-44(54)41-27-47-38-8-1-2-9-39(38)49-41/h1-19,24,27,36-37,43,45,53H,20-23,25-26,28-29H2,(H,48,54)(H,50,55). The Morgan fingerprint density at radius 3 is 2.37 bits per heavy atom. The van der Waals surface area contributed by atoms with Gasteiger partial charge in [-0.25, -0.2) is 9.78 Å². The van der Waals surface area contributed by atoms with Crippen molar-refractivity contribution >= 4 is 28.0 Å². The number of piperidine rings is 1. The molecular formula is C46H44N6O5. The molecule has 0 aliphatic carbocycles. The van der Waals surface area contributed by atoms with E-state index in [9.17, 15) is 14.7 Å². The number of benzene rings is 5. The van der Waals surface area contributed by atoms with Gasteiger partial charge < -0.3 is 29.8 Å². The topological polar surface area (TPSA) is 135 Å². The molecule has 0 radical (unpaired) electrons. The first-order valence-corrected chi connectivity index (χ1v) is 19.6. The Morgan fingerprint density at radius 2 is 1.56 bits per heavy atom. The van der Waals surface area contributed by atoms with E-state index in [0.29, 0.717) is 18.5 Å². The summed E-state index contributed by atoms with van der Waals surface area (Å²) in [4.78, 5) is 40.1. The van der Waals surface area contributed by atoms with E-state index in [1.807, 2.05) is 89.5 Å². The van der Waals surface area contributed by atoms with Crippen molar-refractivity contribution in [3.05, 3.63) is 166 Å². The molecule has 0 spiro atoms. The maximum atomic E-state index is 12.9. The summed E-state index contributed by atoms with van der Waals surface area (Å²) in [5.74, 6) is -0.275. The highest BCUT2D eigenvalue weighted by molar-refractivity contribution is 5.93. The monoisotopic (exact) mass is 760 g/mol. The van der Waals surface area contributed by atoms with Gasteiger partial charge >= 0.3 is 5.69 Å². The number of aromatic nitrogens is 4. The third kappa shape index (κ3) is 8.01. The van der Waals surface area contributed by atoms with Gasteiger partial charge in [0.25, 0.3) is 5.91 Å². The van der Waals surface area contributed by atoms with Gasteiger partial charge in [0.1, 0.15) is 5.69 Å². The minimum atomic E-state index is -0.567. The minimum Gasteiger partial charge on any atom is -0.392 e. The molecule has 5 aromatic carbocycles. The molecule has 2 aromatic heterocycles. The summed E-state index contributed by atoms with van der Waals surface area (Å²) in [6, 6.07) is 39.9. The number of aliphatic hydroxyl groups is 1. The zero-order valence-corrected chi connectivity index (χ0v) is 31.5. The number of nitrogens with zero attached hydrogens (tertiary/aromatic N) is 4. The number of para-hydroxylation sites is 4. The van der Waals surface area contributed by atoms with Crippen molar-refractivity contribution in [2.45, 2.75) is 57.0 Å². The van der Waals surface area contributed by atoms with Crippen molar-refractivity contribution in [3.63, 3.8) is 0 Å². The number of rotatable bonds is 10. The zero-order valence-electron chi connectivity index (χ0n) is 31.5. The molecule has 3 unspecified atom stereocenters. The molecule has 2 aliphatic rings. The fourth-order valence-corrected chi connectivity index (χ4v) is 8.15. The average molecular weight is 761 g/mol. The normalized spacial score (nSPS) is 19.2. The molecule has 7 aromatic rings. The van der Waals surface area contributed by atoms with Gasteiger partial charge in [-0.1, -0.05) is 91.0 Å².